The highest BCUT2D eigenvalue weighted by Crippen LogP contribution is 2.22. The number of hydrogen-bond acceptors (Lipinski definition) is 7. The highest BCUT2D eigenvalue weighted by molar-refractivity contribution is 7.92. The number of fused-ring (bicyclic) bond motifs is 1. The third-order valence-corrected chi connectivity index (χ3v) is 7.87. The van der Waals surface area contributed by atoms with Gasteiger partial charge in [-0.05, 0) is 67.6 Å². The number of carbonyl (C=O) groups excluding carboxylic acids is 2. The Labute approximate surface area is 223 Å². The Morgan fingerprint density at radius 1 is 1.08 bits per heavy atom. The smallest absolute Gasteiger partial charge is 0.338 e. The molecule has 1 amide bonds. The number of ether oxygens (including phenoxy) is 2. The number of anilines is 1. The zero-order chi connectivity index (χ0) is 27.3. The second kappa shape index (κ2) is 11.4. The SMILES string of the molecule is C=CCn1c(=NC(=O)c2cccc(NS(=O)(=O)c3ccc(OC)cc3)c2)sc2cc(C(=O)OCC)ccc21. The normalized spacial score (nSPS) is 11.8. The lowest BCUT2D eigenvalue weighted by Crippen LogP contribution is -2.16. The molecule has 0 unspecified atom stereocenters. The number of sulfonamides is 1. The summed E-state index contributed by atoms with van der Waals surface area (Å²) >= 11 is 1.25. The number of hydrogen-bond donors (Lipinski definition) is 1. The van der Waals surface area contributed by atoms with Crippen LogP contribution in [-0.2, 0) is 21.3 Å². The minimum Gasteiger partial charge on any atom is -0.497 e. The first-order chi connectivity index (χ1) is 18.2. The molecule has 0 bridgehead atoms. The van der Waals surface area contributed by atoms with Crippen molar-refractivity contribution in [2.45, 2.75) is 18.4 Å². The molecule has 0 saturated heterocycles. The largest absolute Gasteiger partial charge is 0.497 e. The molecule has 4 aromatic rings. The molecule has 1 aromatic heterocycles. The van der Waals surface area contributed by atoms with Gasteiger partial charge in [-0.25, -0.2) is 13.2 Å². The first-order valence-electron chi connectivity index (χ1n) is 11.5. The van der Waals surface area contributed by atoms with E-state index in [0.29, 0.717) is 22.7 Å². The fourth-order valence-corrected chi connectivity index (χ4v) is 5.77. The van der Waals surface area contributed by atoms with Crippen LogP contribution in [0.2, 0.25) is 0 Å². The predicted molar refractivity (Wildman–Crippen MR) is 146 cm³/mol. The van der Waals surface area contributed by atoms with E-state index in [4.69, 9.17) is 9.47 Å². The third-order valence-electron chi connectivity index (χ3n) is 5.43. The van der Waals surface area contributed by atoms with E-state index in [1.807, 2.05) is 4.57 Å². The van der Waals surface area contributed by atoms with Crippen LogP contribution in [0.25, 0.3) is 10.2 Å². The Hall–Kier alpha value is -4.22. The van der Waals surface area contributed by atoms with Crippen molar-refractivity contribution in [1.29, 1.82) is 0 Å². The van der Waals surface area contributed by atoms with E-state index in [1.165, 1.54) is 36.6 Å². The number of nitrogens with one attached hydrogen (secondary N) is 1. The molecule has 1 heterocycles. The first-order valence-corrected chi connectivity index (χ1v) is 13.8. The molecule has 0 fully saturated rings. The van der Waals surface area contributed by atoms with Crippen LogP contribution in [0.4, 0.5) is 5.69 Å². The lowest BCUT2D eigenvalue weighted by Gasteiger charge is -2.09. The Balaban J connectivity index is 1.65. The lowest BCUT2D eigenvalue weighted by atomic mass is 10.2. The second-order valence-corrected chi connectivity index (χ2v) is 10.7. The fraction of sp³-hybridized carbons (Fsp3) is 0.148. The molecule has 0 spiro atoms. The molecule has 4 rings (SSSR count). The average Bonchev–Trinajstić information content (AvgIpc) is 3.25. The number of amides is 1. The average molecular weight is 552 g/mol. The Kier molecular flexibility index (Phi) is 8.08. The molecule has 38 heavy (non-hydrogen) atoms. The maximum atomic E-state index is 13.1. The van der Waals surface area contributed by atoms with Gasteiger partial charge in [-0.2, -0.15) is 4.99 Å². The molecule has 0 aliphatic carbocycles. The van der Waals surface area contributed by atoms with Gasteiger partial charge >= 0.3 is 5.97 Å². The monoisotopic (exact) mass is 551 g/mol. The van der Waals surface area contributed by atoms with E-state index in [9.17, 15) is 18.0 Å². The van der Waals surface area contributed by atoms with Gasteiger partial charge in [0.25, 0.3) is 15.9 Å². The number of rotatable bonds is 9. The van der Waals surface area contributed by atoms with Crippen molar-refractivity contribution in [1.82, 2.24) is 4.57 Å². The van der Waals surface area contributed by atoms with Crippen molar-refractivity contribution < 1.29 is 27.5 Å². The van der Waals surface area contributed by atoms with E-state index in [1.54, 1.807) is 61.5 Å². The molecule has 1 N–H and O–H groups in total. The minimum absolute atomic E-state index is 0.0534. The van der Waals surface area contributed by atoms with Crippen LogP contribution in [0.5, 0.6) is 5.75 Å². The van der Waals surface area contributed by atoms with Gasteiger partial charge < -0.3 is 14.0 Å². The molecule has 3 aromatic carbocycles. The van der Waals surface area contributed by atoms with Crippen LogP contribution in [0.15, 0.2) is 89.3 Å². The summed E-state index contributed by atoms with van der Waals surface area (Å²) in [6.07, 6.45) is 1.68. The number of thiazole rings is 1. The highest BCUT2D eigenvalue weighted by Gasteiger charge is 2.16. The number of allylic oxidation sites excluding steroid dienone is 1. The van der Waals surface area contributed by atoms with Crippen molar-refractivity contribution in [3.05, 3.63) is 95.3 Å². The van der Waals surface area contributed by atoms with Crippen LogP contribution < -0.4 is 14.3 Å². The van der Waals surface area contributed by atoms with Crippen molar-refractivity contribution in [2.24, 2.45) is 4.99 Å². The van der Waals surface area contributed by atoms with E-state index < -0.39 is 21.9 Å². The molecule has 196 valence electrons. The number of benzene rings is 3. The molecule has 0 aliphatic rings. The molecule has 11 heteroatoms. The summed E-state index contributed by atoms with van der Waals surface area (Å²) in [5.74, 6) is -0.447. The van der Waals surface area contributed by atoms with Gasteiger partial charge in [0.2, 0.25) is 0 Å². The van der Waals surface area contributed by atoms with Gasteiger partial charge in [-0.1, -0.05) is 23.5 Å². The molecule has 0 atom stereocenters. The van der Waals surface area contributed by atoms with Gasteiger partial charge in [0, 0.05) is 17.8 Å². The molecule has 0 aliphatic heterocycles. The zero-order valence-corrected chi connectivity index (χ0v) is 22.3. The Bertz CT molecular complexity index is 1690. The maximum absolute atomic E-state index is 13.1. The minimum atomic E-state index is -3.88. The molecular formula is C27H25N3O6S2. The summed E-state index contributed by atoms with van der Waals surface area (Å²) < 4.78 is 40.8. The summed E-state index contributed by atoms with van der Waals surface area (Å²) in [5, 5.41) is 0. The van der Waals surface area contributed by atoms with Crippen molar-refractivity contribution >= 4 is 49.1 Å². The van der Waals surface area contributed by atoms with Gasteiger partial charge in [0.1, 0.15) is 5.75 Å². The van der Waals surface area contributed by atoms with Crippen molar-refractivity contribution in [2.75, 3.05) is 18.4 Å². The van der Waals surface area contributed by atoms with Gasteiger partial charge in [-0.3, -0.25) is 9.52 Å². The fourth-order valence-electron chi connectivity index (χ4n) is 3.64. The van der Waals surface area contributed by atoms with E-state index in [0.717, 1.165) is 10.2 Å². The Morgan fingerprint density at radius 3 is 2.53 bits per heavy atom. The first kappa shape index (κ1) is 26.8. The van der Waals surface area contributed by atoms with E-state index in [2.05, 4.69) is 16.3 Å². The predicted octanol–water partition coefficient (Wildman–Crippen LogP) is 4.62. The number of esters is 1. The second-order valence-electron chi connectivity index (χ2n) is 7.97. The lowest BCUT2D eigenvalue weighted by molar-refractivity contribution is 0.0526. The summed E-state index contributed by atoms with van der Waals surface area (Å²) in [6.45, 7) is 6.18. The van der Waals surface area contributed by atoms with Crippen LogP contribution in [0, 0.1) is 0 Å². The maximum Gasteiger partial charge on any atom is 0.338 e. The van der Waals surface area contributed by atoms with Crippen molar-refractivity contribution in [3.8, 4) is 5.75 Å². The summed E-state index contributed by atoms with van der Waals surface area (Å²) in [6, 6.07) is 17.2. The Morgan fingerprint density at radius 2 is 1.84 bits per heavy atom. The quantitative estimate of drug-likeness (QED) is 0.240. The summed E-state index contributed by atoms with van der Waals surface area (Å²) in [7, 11) is -2.39. The van der Waals surface area contributed by atoms with Crippen LogP contribution >= 0.6 is 11.3 Å². The summed E-state index contributed by atoms with van der Waals surface area (Å²) in [5.41, 5.74) is 1.61. The molecular weight excluding hydrogens is 526 g/mol. The number of nitrogens with zero attached hydrogens (tertiary/aromatic N) is 2. The zero-order valence-electron chi connectivity index (χ0n) is 20.7. The van der Waals surface area contributed by atoms with Crippen molar-refractivity contribution in [3.63, 3.8) is 0 Å². The van der Waals surface area contributed by atoms with Crippen LogP contribution in [0.3, 0.4) is 0 Å². The van der Waals surface area contributed by atoms with Crippen LogP contribution in [-0.4, -0.2) is 38.6 Å². The summed E-state index contributed by atoms with van der Waals surface area (Å²) in [4.78, 5) is 30.0. The topological polar surface area (TPSA) is 116 Å². The van der Waals surface area contributed by atoms with Gasteiger partial charge in [-0.15, -0.1) is 6.58 Å². The van der Waals surface area contributed by atoms with E-state index in [-0.39, 0.29) is 22.8 Å². The molecule has 0 radical (unpaired) electrons. The molecule has 9 nitrogen and oxygen atoms in total. The van der Waals surface area contributed by atoms with Crippen LogP contribution in [0.1, 0.15) is 27.6 Å². The number of aromatic nitrogens is 1. The molecule has 0 saturated carbocycles. The van der Waals surface area contributed by atoms with Gasteiger partial charge in [0.05, 0.1) is 34.4 Å². The van der Waals surface area contributed by atoms with E-state index >= 15 is 0 Å². The number of carbonyl (C=O) groups is 2. The third kappa shape index (κ3) is 5.84. The van der Waals surface area contributed by atoms with Gasteiger partial charge in [0.15, 0.2) is 4.80 Å². The highest BCUT2D eigenvalue weighted by atomic mass is 32.2. The number of methoxy groups -OCH3 is 1. The standard InChI is InChI=1S/C27H25N3O6S2/c1-4-15-30-23-14-9-19(26(32)36-5-2)17-24(23)37-27(30)28-25(31)18-7-6-8-20(16-18)29-38(33,34)22-12-10-21(35-3)11-13-22/h4,6-14,16-17,29H,1,5,15H2,2-3H3.